The molecular weight excluding hydrogens is 542 g/mol. The van der Waals surface area contributed by atoms with Crippen LogP contribution in [0.4, 0.5) is 0 Å². The fourth-order valence-corrected chi connectivity index (χ4v) is 5.17. The van der Waals surface area contributed by atoms with E-state index in [4.69, 9.17) is 34.8 Å². The van der Waals surface area contributed by atoms with Gasteiger partial charge in [-0.05, 0) is 44.4 Å². The molecule has 2 aliphatic rings. The van der Waals surface area contributed by atoms with Gasteiger partial charge in [0.25, 0.3) is 0 Å². The lowest BCUT2D eigenvalue weighted by Gasteiger charge is -2.15. The molecule has 2 aromatic carbocycles. The van der Waals surface area contributed by atoms with Gasteiger partial charge in [0.2, 0.25) is 17.7 Å². The summed E-state index contributed by atoms with van der Waals surface area (Å²) in [6.45, 7) is 6.85. The van der Waals surface area contributed by atoms with Gasteiger partial charge in [0.15, 0.2) is 36.0 Å². The van der Waals surface area contributed by atoms with Crippen molar-refractivity contribution in [1.29, 1.82) is 0 Å². The molecule has 4 heterocycles. The first-order valence-corrected chi connectivity index (χ1v) is 13.4. The zero-order chi connectivity index (χ0) is 29.8. The number of H-pyrrole nitrogens is 1. The number of aromatic nitrogens is 3. The molecule has 218 valence electrons. The van der Waals surface area contributed by atoms with Crippen LogP contribution in [0, 0.1) is 0 Å². The van der Waals surface area contributed by atoms with Crippen LogP contribution in [-0.4, -0.2) is 50.5 Å². The molecule has 0 radical (unpaired) electrons. The number of carbonyl (C=O) groups is 2. The standard InChI is InChI=1S/C30H31N5O7/c1-29(2)39-21(25(31)36)23(41-29)27-33-13-19(34-27)17-9-5-15(6-10-17)16-7-11-18(12-8-16)20-14-38-28(35-20)24-22(26(32)37)40-30(3,4)42-24/h5-14,21-24H,1-4H3,(H2,31,36)(H2,32,37)(H,33,34). The summed E-state index contributed by atoms with van der Waals surface area (Å²) in [6.07, 6.45) is -0.273. The molecule has 4 aromatic rings. The lowest BCUT2D eigenvalue weighted by molar-refractivity contribution is -0.155. The normalized spacial score (nSPS) is 24.6. The van der Waals surface area contributed by atoms with Crippen molar-refractivity contribution in [3.05, 3.63) is 72.7 Å². The number of primary amides is 2. The molecule has 2 aromatic heterocycles. The van der Waals surface area contributed by atoms with Crippen LogP contribution in [0.5, 0.6) is 0 Å². The van der Waals surface area contributed by atoms with Crippen LogP contribution in [-0.2, 0) is 28.5 Å². The first-order chi connectivity index (χ1) is 19.9. The molecular formula is C30H31N5O7. The van der Waals surface area contributed by atoms with Gasteiger partial charge in [-0.2, -0.15) is 0 Å². The number of hydrogen-bond acceptors (Lipinski definition) is 9. The molecule has 2 saturated heterocycles. The molecule has 0 bridgehead atoms. The van der Waals surface area contributed by atoms with E-state index in [1.165, 1.54) is 6.26 Å². The molecule has 12 nitrogen and oxygen atoms in total. The molecule has 42 heavy (non-hydrogen) atoms. The number of nitrogens with zero attached hydrogens (tertiary/aromatic N) is 2. The fourth-order valence-electron chi connectivity index (χ4n) is 5.17. The van der Waals surface area contributed by atoms with Crippen LogP contribution in [0.3, 0.4) is 0 Å². The van der Waals surface area contributed by atoms with Crippen molar-refractivity contribution in [2.45, 2.75) is 63.7 Å². The van der Waals surface area contributed by atoms with Gasteiger partial charge in [0.1, 0.15) is 17.8 Å². The predicted octanol–water partition coefficient (Wildman–Crippen LogP) is 3.75. The van der Waals surface area contributed by atoms with Gasteiger partial charge in [-0.15, -0.1) is 0 Å². The first kappa shape index (κ1) is 27.8. The van der Waals surface area contributed by atoms with Gasteiger partial charge in [-0.1, -0.05) is 48.5 Å². The third kappa shape index (κ3) is 5.32. The van der Waals surface area contributed by atoms with Crippen LogP contribution in [0.15, 0.2) is 65.4 Å². The topological polar surface area (TPSA) is 178 Å². The second kappa shape index (κ2) is 10.2. The highest BCUT2D eigenvalue weighted by atomic mass is 16.8. The number of hydrogen-bond donors (Lipinski definition) is 3. The molecule has 2 amide bonds. The van der Waals surface area contributed by atoms with Crippen molar-refractivity contribution in [2.75, 3.05) is 0 Å². The Bertz CT molecular complexity index is 1500. The SMILES string of the molecule is CC1(C)OC(C(N)=O)C(c2ncc(-c3ccc(-c4ccc(-c5coc(C6OC(C)(C)OC6C(N)=O)n5)cc4)cc3)[nH]2)O1. The van der Waals surface area contributed by atoms with Gasteiger partial charge >= 0.3 is 0 Å². The van der Waals surface area contributed by atoms with E-state index >= 15 is 0 Å². The number of carbonyl (C=O) groups excluding carboxylic acids is 2. The lowest BCUT2D eigenvalue weighted by atomic mass is 10.0. The maximum atomic E-state index is 11.9. The van der Waals surface area contributed by atoms with Crippen molar-refractivity contribution >= 4 is 11.8 Å². The Kier molecular flexibility index (Phi) is 6.73. The predicted molar refractivity (Wildman–Crippen MR) is 149 cm³/mol. The number of oxazole rings is 1. The molecule has 2 aliphatic heterocycles. The molecule has 4 atom stereocenters. The summed E-state index contributed by atoms with van der Waals surface area (Å²) in [7, 11) is 0. The average molecular weight is 574 g/mol. The van der Waals surface area contributed by atoms with Gasteiger partial charge in [-0.25, -0.2) is 9.97 Å². The van der Waals surface area contributed by atoms with Crippen LogP contribution in [0.2, 0.25) is 0 Å². The van der Waals surface area contributed by atoms with E-state index in [9.17, 15) is 9.59 Å². The summed E-state index contributed by atoms with van der Waals surface area (Å²) >= 11 is 0. The largest absolute Gasteiger partial charge is 0.445 e. The average Bonchev–Trinajstić information content (AvgIpc) is 3.73. The third-order valence-electron chi connectivity index (χ3n) is 7.09. The van der Waals surface area contributed by atoms with Crippen LogP contribution >= 0.6 is 0 Å². The second-order valence-electron chi connectivity index (χ2n) is 11.2. The Morgan fingerprint density at radius 2 is 1.24 bits per heavy atom. The number of benzene rings is 2. The molecule has 0 saturated carbocycles. The third-order valence-corrected chi connectivity index (χ3v) is 7.09. The van der Waals surface area contributed by atoms with Crippen LogP contribution in [0.1, 0.15) is 51.6 Å². The van der Waals surface area contributed by atoms with Gasteiger partial charge in [0.05, 0.1) is 11.9 Å². The maximum absolute atomic E-state index is 11.9. The number of rotatable bonds is 7. The van der Waals surface area contributed by atoms with E-state index < -0.39 is 47.8 Å². The minimum absolute atomic E-state index is 0.224. The number of nitrogens with two attached hydrogens (primary N) is 2. The molecule has 0 spiro atoms. The highest BCUT2D eigenvalue weighted by Gasteiger charge is 2.48. The highest BCUT2D eigenvalue weighted by Crippen LogP contribution is 2.39. The van der Waals surface area contributed by atoms with E-state index in [0.29, 0.717) is 11.5 Å². The first-order valence-electron chi connectivity index (χ1n) is 13.4. The van der Waals surface area contributed by atoms with E-state index in [1.807, 2.05) is 48.5 Å². The Balaban J connectivity index is 1.16. The van der Waals surface area contributed by atoms with E-state index in [-0.39, 0.29) is 5.89 Å². The summed E-state index contributed by atoms with van der Waals surface area (Å²) in [5, 5.41) is 0. The smallest absolute Gasteiger partial charge is 0.249 e. The molecule has 5 N–H and O–H groups in total. The molecule has 12 heteroatoms. The number of imidazole rings is 1. The molecule has 0 aliphatic carbocycles. The van der Waals surface area contributed by atoms with E-state index in [1.54, 1.807) is 33.9 Å². The second-order valence-corrected chi connectivity index (χ2v) is 11.2. The number of ether oxygens (including phenoxy) is 4. The minimum atomic E-state index is -0.991. The Morgan fingerprint density at radius 3 is 1.81 bits per heavy atom. The number of amides is 2. The quantitative estimate of drug-likeness (QED) is 0.297. The molecule has 6 rings (SSSR count). The summed E-state index contributed by atoms with van der Waals surface area (Å²) in [4.78, 5) is 35.9. The van der Waals surface area contributed by atoms with Crippen molar-refractivity contribution < 1.29 is 33.0 Å². The van der Waals surface area contributed by atoms with E-state index in [0.717, 1.165) is 27.9 Å². The summed E-state index contributed by atoms with van der Waals surface area (Å²) in [5.74, 6) is -2.50. The Hall–Kier alpha value is -4.36. The van der Waals surface area contributed by atoms with Crippen molar-refractivity contribution in [1.82, 2.24) is 15.0 Å². The lowest BCUT2D eigenvalue weighted by Crippen LogP contribution is -2.33. The fraction of sp³-hybridized carbons (Fsp3) is 0.333. The van der Waals surface area contributed by atoms with Crippen LogP contribution in [0.25, 0.3) is 33.6 Å². The van der Waals surface area contributed by atoms with Gasteiger partial charge in [0, 0.05) is 5.56 Å². The minimum Gasteiger partial charge on any atom is -0.445 e. The van der Waals surface area contributed by atoms with Gasteiger partial charge in [-0.3, -0.25) is 9.59 Å². The van der Waals surface area contributed by atoms with E-state index in [2.05, 4.69) is 15.0 Å². The van der Waals surface area contributed by atoms with Gasteiger partial charge < -0.3 is 39.8 Å². The zero-order valence-electron chi connectivity index (χ0n) is 23.5. The number of aromatic amines is 1. The highest BCUT2D eigenvalue weighted by molar-refractivity contribution is 5.80. The zero-order valence-corrected chi connectivity index (χ0v) is 23.5. The Morgan fingerprint density at radius 1 is 0.738 bits per heavy atom. The molecule has 2 fully saturated rings. The van der Waals surface area contributed by atoms with Crippen molar-refractivity contribution in [3.63, 3.8) is 0 Å². The maximum Gasteiger partial charge on any atom is 0.249 e. The summed E-state index contributed by atoms with van der Waals surface area (Å²) < 4.78 is 28.6. The van der Waals surface area contributed by atoms with Crippen molar-refractivity contribution in [2.24, 2.45) is 11.5 Å². The summed E-state index contributed by atoms with van der Waals surface area (Å²) in [5.41, 5.74) is 16.1. The number of nitrogens with one attached hydrogen (secondary N) is 1. The monoisotopic (exact) mass is 573 g/mol. The summed E-state index contributed by atoms with van der Waals surface area (Å²) in [6, 6.07) is 15.8. The van der Waals surface area contributed by atoms with Crippen LogP contribution < -0.4 is 11.5 Å². The molecule has 4 unspecified atom stereocenters. The Labute approximate surface area is 241 Å². The van der Waals surface area contributed by atoms with Crippen molar-refractivity contribution in [3.8, 4) is 33.6 Å².